The molecule has 0 saturated heterocycles. The van der Waals surface area contributed by atoms with Crippen molar-refractivity contribution in [2.75, 3.05) is 65.7 Å². The van der Waals surface area contributed by atoms with Gasteiger partial charge in [-0.3, -0.25) is 14.9 Å². The highest BCUT2D eigenvalue weighted by Crippen LogP contribution is 2.39. The van der Waals surface area contributed by atoms with E-state index in [9.17, 15) is 9.59 Å². The molecule has 0 aliphatic rings. The van der Waals surface area contributed by atoms with Gasteiger partial charge in [0.2, 0.25) is 17.4 Å². The SMILES string of the molecule is CC.CNc1cc(NC(=O)c2cc(OC)c(OC)c(OC)c2)nc(NC(=O)c2cc(OC)c(OC)c(OC)c2)n1. The highest BCUT2D eigenvalue weighted by molar-refractivity contribution is 6.06. The molecule has 0 atom stereocenters. The van der Waals surface area contributed by atoms with Crippen LogP contribution in [0.25, 0.3) is 0 Å². The molecule has 216 valence electrons. The number of nitrogens with zero attached hydrogens (tertiary/aromatic N) is 2. The maximum absolute atomic E-state index is 13.0. The van der Waals surface area contributed by atoms with Gasteiger partial charge in [0, 0.05) is 24.2 Å². The van der Waals surface area contributed by atoms with Gasteiger partial charge in [-0.2, -0.15) is 9.97 Å². The molecule has 0 aliphatic carbocycles. The number of aromatic nitrogens is 2. The largest absolute Gasteiger partial charge is 0.493 e. The predicted octanol–water partition coefficient (Wildman–Crippen LogP) is 4.10. The van der Waals surface area contributed by atoms with Gasteiger partial charge < -0.3 is 39.1 Å². The van der Waals surface area contributed by atoms with Gasteiger partial charge in [0.25, 0.3) is 11.8 Å². The number of rotatable bonds is 11. The van der Waals surface area contributed by atoms with E-state index >= 15 is 0 Å². The van der Waals surface area contributed by atoms with Gasteiger partial charge in [0.1, 0.15) is 11.6 Å². The van der Waals surface area contributed by atoms with E-state index in [1.165, 1.54) is 73.0 Å². The molecule has 1 heterocycles. The average molecular weight is 558 g/mol. The monoisotopic (exact) mass is 557 g/mol. The van der Waals surface area contributed by atoms with Crippen LogP contribution in [0.3, 0.4) is 0 Å². The Hall–Kier alpha value is -4.94. The lowest BCUT2D eigenvalue weighted by molar-refractivity contribution is 0.101. The van der Waals surface area contributed by atoms with Crippen molar-refractivity contribution in [3.63, 3.8) is 0 Å². The topological polar surface area (TPSA) is 151 Å². The summed E-state index contributed by atoms with van der Waals surface area (Å²) < 4.78 is 31.8. The molecule has 40 heavy (non-hydrogen) atoms. The van der Waals surface area contributed by atoms with Crippen LogP contribution in [0.4, 0.5) is 17.6 Å². The number of hydrogen-bond donors (Lipinski definition) is 3. The molecule has 0 spiro atoms. The number of amides is 2. The summed E-state index contributed by atoms with van der Waals surface area (Å²) in [4.78, 5) is 34.6. The summed E-state index contributed by atoms with van der Waals surface area (Å²) in [5.41, 5.74) is 0.438. The summed E-state index contributed by atoms with van der Waals surface area (Å²) in [6.07, 6.45) is 0. The Labute approximate surface area is 233 Å². The van der Waals surface area contributed by atoms with Crippen molar-refractivity contribution >= 4 is 29.4 Å². The Morgan fingerprint density at radius 1 is 0.575 bits per heavy atom. The zero-order chi connectivity index (χ0) is 29.8. The Balaban J connectivity index is 0.00000274. The highest BCUT2D eigenvalue weighted by atomic mass is 16.5. The molecule has 0 radical (unpaired) electrons. The normalized spacial score (nSPS) is 9.82. The van der Waals surface area contributed by atoms with E-state index in [4.69, 9.17) is 28.4 Å². The van der Waals surface area contributed by atoms with Crippen LogP contribution >= 0.6 is 0 Å². The fourth-order valence-corrected chi connectivity index (χ4v) is 3.48. The summed E-state index contributed by atoms with van der Waals surface area (Å²) in [5, 5.41) is 8.18. The van der Waals surface area contributed by atoms with E-state index in [1.807, 2.05) is 13.8 Å². The van der Waals surface area contributed by atoms with Crippen LogP contribution in [0.15, 0.2) is 30.3 Å². The van der Waals surface area contributed by atoms with Crippen LogP contribution in [0.5, 0.6) is 34.5 Å². The predicted molar refractivity (Wildman–Crippen MR) is 151 cm³/mol. The van der Waals surface area contributed by atoms with Gasteiger partial charge in [-0.15, -0.1) is 0 Å². The van der Waals surface area contributed by atoms with E-state index in [0.29, 0.717) is 40.3 Å². The van der Waals surface area contributed by atoms with Crippen molar-refractivity contribution in [2.24, 2.45) is 0 Å². The number of hydrogen-bond acceptors (Lipinski definition) is 11. The third-order valence-electron chi connectivity index (χ3n) is 5.30. The quantitative estimate of drug-likeness (QED) is 0.312. The van der Waals surface area contributed by atoms with Gasteiger partial charge in [0.05, 0.1) is 42.7 Å². The molecule has 0 unspecified atom stereocenters. The van der Waals surface area contributed by atoms with Crippen LogP contribution < -0.4 is 44.4 Å². The summed E-state index contributed by atoms with van der Waals surface area (Å²) in [7, 11) is 10.4. The van der Waals surface area contributed by atoms with Gasteiger partial charge in [-0.25, -0.2) is 0 Å². The summed E-state index contributed by atoms with van der Waals surface area (Å²) in [6.45, 7) is 4.00. The number of methoxy groups -OCH3 is 6. The molecular formula is C27H35N5O8. The molecule has 2 amide bonds. The van der Waals surface area contributed by atoms with Crippen LogP contribution in [-0.2, 0) is 0 Å². The number of carbonyl (C=O) groups excluding carboxylic acids is 2. The molecule has 0 fully saturated rings. The van der Waals surface area contributed by atoms with Gasteiger partial charge in [-0.1, -0.05) is 13.8 Å². The van der Waals surface area contributed by atoms with E-state index in [2.05, 4.69) is 25.9 Å². The van der Waals surface area contributed by atoms with Crippen LogP contribution in [0.2, 0.25) is 0 Å². The Kier molecular flexibility index (Phi) is 11.6. The van der Waals surface area contributed by atoms with E-state index in [-0.39, 0.29) is 22.9 Å². The van der Waals surface area contributed by atoms with E-state index < -0.39 is 11.8 Å². The molecule has 3 rings (SSSR count). The number of anilines is 3. The maximum atomic E-state index is 13.0. The van der Waals surface area contributed by atoms with Crippen molar-refractivity contribution in [3.8, 4) is 34.5 Å². The fourth-order valence-electron chi connectivity index (χ4n) is 3.48. The standard InChI is InChI=1S/C25H29N5O8.C2H6/c1-26-19-12-20(27-23(31)13-8-15(33-2)21(37-6)16(9-13)34-3)29-25(28-19)30-24(32)14-10-17(35-4)22(38-7)18(11-14)36-5;1-2/h8-12H,1-7H3,(H3,26,27,28,29,30,31,32);1-2H3. The zero-order valence-electron chi connectivity index (χ0n) is 24.0. The molecule has 0 aliphatic heterocycles. The third-order valence-corrected chi connectivity index (χ3v) is 5.30. The van der Waals surface area contributed by atoms with Gasteiger partial charge in [0.15, 0.2) is 23.0 Å². The summed E-state index contributed by atoms with van der Waals surface area (Å²) >= 11 is 0. The molecule has 2 aromatic carbocycles. The molecule has 0 bridgehead atoms. The fraction of sp³-hybridized carbons (Fsp3) is 0.333. The van der Waals surface area contributed by atoms with Crippen molar-refractivity contribution in [2.45, 2.75) is 13.8 Å². The first-order valence-corrected chi connectivity index (χ1v) is 12.1. The Morgan fingerprint density at radius 2 is 0.950 bits per heavy atom. The second-order valence-corrected chi connectivity index (χ2v) is 7.45. The van der Waals surface area contributed by atoms with E-state index in [0.717, 1.165) is 0 Å². The summed E-state index contributed by atoms with van der Waals surface area (Å²) in [6, 6.07) is 7.50. The lowest BCUT2D eigenvalue weighted by atomic mass is 10.1. The second kappa shape index (κ2) is 14.9. The number of nitrogens with one attached hydrogen (secondary N) is 3. The van der Waals surface area contributed by atoms with Crippen LogP contribution in [0.1, 0.15) is 34.6 Å². The lowest BCUT2D eigenvalue weighted by Gasteiger charge is -2.15. The first kappa shape index (κ1) is 31.3. The molecular weight excluding hydrogens is 522 g/mol. The first-order chi connectivity index (χ1) is 19.3. The van der Waals surface area contributed by atoms with Crippen LogP contribution in [0, 0.1) is 0 Å². The smallest absolute Gasteiger partial charge is 0.258 e. The molecule has 0 saturated carbocycles. The van der Waals surface area contributed by atoms with Crippen molar-refractivity contribution < 1.29 is 38.0 Å². The van der Waals surface area contributed by atoms with Crippen LogP contribution in [-0.4, -0.2) is 71.5 Å². The van der Waals surface area contributed by atoms with Crippen molar-refractivity contribution in [1.82, 2.24) is 9.97 Å². The van der Waals surface area contributed by atoms with Gasteiger partial charge in [-0.05, 0) is 24.3 Å². The van der Waals surface area contributed by atoms with Gasteiger partial charge >= 0.3 is 0 Å². The average Bonchev–Trinajstić information content (AvgIpc) is 2.99. The molecule has 13 nitrogen and oxygen atoms in total. The molecule has 1 aromatic heterocycles. The molecule has 13 heteroatoms. The number of carbonyl (C=O) groups is 2. The molecule has 3 aromatic rings. The number of benzene rings is 2. The van der Waals surface area contributed by atoms with Crippen molar-refractivity contribution in [3.05, 3.63) is 41.5 Å². The number of ether oxygens (including phenoxy) is 6. The van der Waals surface area contributed by atoms with Crippen molar-refractivity contribution in [1.29, 1.82) is 0 Å². The van der Waals surface area contributed by atoms with E-state index in [1.54, 1.807) is 7.05 Å². The molecule has 3 N–H and O–H groups in total. The Morgan fingerprint density at radius 3 is 1.30 bits per heavy atom. The summed E-state index contributed by atoms with van der Waals surface area (Å²) in [5.74, 6) is 1.30. The maximum Gasteiger partial charge on any atom is 0.258 e. The minimum atomic E-state index is -0.542. The zero-order valence-corrected chi connectivity index (χ0v) is 24.0. The Bertz CT molecular complexity index is 1190. The second-order valence-electron chi connectivity index (χ2n) is 7.45. The minimum Gasteiger partial charge on any atom is -0.493 e. The highest BCUT2D eigenvalue weighted by Gasteiger charge is 2.20. The first-order valence-electron chi connectivity index (χ1n) is 12.1. The lowest BCUT2D eigenvalue weighted by Crippen LogP contribution is -2.18. The minimum absolute atomic E-state index is 0.0595. The third kappa shape index (κ3) is 7.12.